The fraction of sp³-hybridized carbons (Fsp3) is 0.333. The number of cyclic esters (lactones) is 1. The number of H-pyrrole nitrogens is 1. The third-order valence-corrected chi connectivity index (χ3v) is 6.29. The number of hydrogen-bond acceptors (Lipinski definition) is 7. The smallest absolute Gasteiger partial charge is 0.309 e. The Bertz CT molecular complexity index is 1050. The molecule has 2 atom stereocenters. The summed E-state index contributed by atoms with van der Waals surface area (Å²) in [4.78, 5) is 20.1. The van der Waals surface area contributed by atoms with Gasteiger partial charge < -0.3 is 24.3 Å². The molecule has 1 aromatic heterocycles. The van der Waals surface area contributed by atoms with Gasteiger partial charge in [-0.15, -0.1) is 0 Å². The van der Waals surface area contributed by atoms with E-state index in [0.717, 1.165) is 34.0 Å². The maximum atomic E-state index is 11.8. The number of thioether (sulfide) groups is 1. The monoisotopic (exact) mass is 454 g/mol. The normalized spacial score (nSPS) is 20.6. The van der Waals surface area contributed by atoms with Crippen LogP contribution in [0.1, 0.15) is 19.8 Å². The number of aromatic nitrogens is 2. The van der Waals surface area contributed by atoms with Crippen LogP contribution in [0.2, 0.25) is 0 Å². The molecule has 0 radical (unpaired) electrons. The summed E-state index contributed by atoms with van der Waals surface area (Å²) in [7, 11) is 3.27. The molecule has 8 heteroatoms. The molecule has 1 fully saturated rings. The number of nitrogens with one attached hydrogen (secondary N) is 1. The van der Waals surface area contributed by atoms with Crippen LogP contribution in [0.5, 0.6) is 11.5 Å². The van der Waals surface area contributed by atoms with Crippen molar-refractivity contribution in [1.29, 1.82) is 0 Å². The van der Waals surface area contributed by atoms with Crippen molar-refractivity contribution in [2.75, 3.05) is 20.0 Å². The van der Waals surface area contributed by atoms with Gasteiger partial charge in [-0.25, -0.2) is 4.98 Å². The molecule has 0 amide bonds. The molecule has 2 aromatic carbocycles. The summed E-state index contributed by atoms with van der Waals surface area (Å²) < 4.78 is 16.2. The fourth-order valence-electron chi connectivity index (χ4n) is 3.79. The second kappa shape index (κ2) is 9.26. The Labute approximate surface area is 191 Å². The fourth-order valence-corrected chi connectivity index (χ4v) is 4.65. The number of carbonyl (C=O) groups excluding carboxylic acids is 1. The van der Waals surface area contributed by atoms with E-state index in [1.165, 1.54) is 11.8 Å². The Balaban J connectivity index is 1.65. The lowest BCUT2D eigenvalue weighted by Crippen LogP contribution is -2.41. The number of rotatable bonds is 7. The summed E-state index contributed by atoms with van der Waals surface area (Å²) in [6.07, 6.45) is 0.0502. The second-order valence-corrected chi connectivity index (χ2v) is 9.04. The van der Waals surface area contributed by atoms with Gasteiger partial charge in [-0.1, -0.05) is 36.0 Å². The minimum atomic E-state index is -1.04. The Hall–Kier alpha value is -2.97. The number of imidazole rings is 1. The Morgan fingerprint density at radius 3 is 2.47 bits per heavy atom. The zero-order valence-electron chi connectivity index (χ0n) is 18.3. The van der Waals surface area contributed by atoms with Gasteiger partial charge in [0.05, 0.1) is 37.6 Å². The van der Waals surface area contributed by atoms with E-state index >= 15 is 0 Å². The molecule has 0 saturated carbocycles. The SMILES string of the molecule is COc1cccc(-c2nc(SCC3C[C@](C)(O)CC(=O)O3)[nH]c2-c2cccc(OC)c2)c1. The summed E-state index contributed by atoms with van der Waals surface area (Å²) in [5.41, 5.74) is 2.45. The lowest BCUT2D eigenvalue weighted by atomic mass is 9.93. The maximum Gasteiger partial charge on any atom is 0.309 e. The second-order valence-electron chi connectivity index (χ2n) is 8.03. The molecule has 4 rings (SSSR count). The number of nitrogens with zero attached hydrogens (tertiary/aromatic N) is 1. The van der Waals surface area contributed by atoms with Crippen molar-refractivity contribution in [3.05, 3.63) is 48.5 Å². The van der Waals surface area contributed by atoms with Crippen LogP contribution in [-0.4, -0.2) is 52.7 Å². The van der Waals surface area contributed by atoms with Crippen molar-refractivity contribution in [3.63, 3.8) is 0 Å². The standard InChI is InChI=1S/C24H26N2O5S/c1-24(28)12-19(31-20(27)13-24)14-32-23-25-21(15-6-4-8-17(10-15)29-2)22(26-23)16-7-5-9-18(11-16)30-3/h4-11,19,28H,12-14H2,1-3H3,(H,25,26)/t19?,24-/m0/s1. The number of ether oxygens (including phenoxy) is 3. The molecular formula is C24H26N2O5S. The Kier molecular flexibility index (Phi) is 6.43. The van der Waals surface area contributed by atoms with Crippen molar-refractivity contribution >= 4 is 17.7 Å². The highest BCUT2D eigenvalue weighted by Gasteiger charge is 2.36. The molecule has 2 N–H and O–H groups in total. The molecule has 0 spiro atoms. The van der Waals surface area contributed by atoms with Crippen LogP contribution in [0.3, 0.4) is 0 Å². The van der Waals surface area contributed by atoms with Crippen LogP contribution in [-0.2, 0) is 9.53 Å². The number of carbonyl (C=O) groups is 1. The summed E-state index contributed by atoms with van der Waals surface area (Å²) >= 11 is 1.46. The number of esters is 1. The van der Waals surface area contributed by atoms with Gasteiger partial charge in [0.25, 0.3) is 0 Å². The van der Waals surface area contributed by atoms with Crippen LogP contribution in [0.4, 0.5) is 0 Å². The number of hydrogen-bond donors (Lipinski definition) is 2. The molecule has 168 valence electrons. The van der Waals surface area contributed by atoms with Crippen LogP contribution < -0.4 is 9.47 Å². The van der Waals surface area contributed by atoms with E-state index in [0.29, 0.717) is 17.3 Å². The highest BCUT2D eigenvalue weighted by Crippen LogP contribution is 2.36. The van der Waals surface area contributed by atoms with Crippen LogP contribution in [0.15, 0.2) is 53.7 Å². The first kappa shape index (κ1) is 22.2. The molecule has 1 aliphatic rings. The summed E-state index contributed by atoms with van der Waals surface area (Å²) in [5.74, 6) is 1.61. The number of aromatic amines is 1. The van der Waals surface area contributed by atoms with E-state index in [2.05, 4.69) is 4.98 Å². The molecule has 0 aliphatic carbocycles. The highest BCUT2D eigenvalue weighted by atomic mass is 32.2. The molecule has 2 heterocycles. The largest absolute Gasteiger partial charge is 0.497 e. The predicted octanol–water partition coefficient (Wildman–Crippen LogP) is 4.31. The number of benzene rings is 2. The molecule has 1 saturated heterocycles. The van der Waals surface area contributed by atoms with E-state index in [-0.39, 0.29) is 18.5 Å². The highest BCUT2D eigenvalue weighted by molar-refractivity contribution is 7.99. The van der Waals surface area contributed by atoms with Gasteiger partial charge in [0, 0.05) is 23.3 Å². The van der Waals surface area contributed by atoms with Crippen LogP contribution in [0, 0.1) is 0 Å². The zero-order chi connectivity index (χ0) is 22.7. The number of aliphatic hydroxyl groups is 1. The third kappa shape index (κ3) is 5.08. The van der Waals surface area contributed by atoms with Gasteiger partial charge in [0.1, 0.15) is 17.6 Å². The van der Waals surface area contributed by atoms with Crippen molar-refractivity contribution in [3.8, 4) is 34.0 Å². The minimum absolute atomic E-state index is 0.0227. The maximum absolute atomic E-state index is 11.8. The first-order chi connectivity index (χ1) is 15.4. The van der Waals surface area contributed by atoms with Gasteiger partial charge in [0.2, 0.25) is 0 Å². The molecule has 3 aromatic rings. The Morgan fingerprint density at radius 2 is 1.81 bits per heavy atom. The van der Waals surface area contributed by atoms with E-state index in [1.54, 1.807) is 21.1 Å². The number of methoxy groups -OCH3 is 2. The van der Waals surface area contributed by atoms with Crippen LogP contribution >= 0.6 is 11.8 Å². The molecule has 32 heavy (non-hydrogen) atoms. The van der Waals surface area contributed by atoms with Crippen molar-refractivity contribution in [2.45, 2.75) is 36.6 Å². The predicted molar refractivity (Wildman–Crippen MR) is 123 cm³/mol. The lowest BCUT2D eigenvalue weighted by Gasteiger charge is -2.32. The third-order valence-electron chi connectivity index (χ3n) is 5.28. The summed E-state index contributed by atoms with van der Waals surface area (Å²) in [6.45, 7) is 1.67. The molecule has 7 nitrogen and oxygen atoms in total. The van der Waals surface area contributed by atoms with Crippen LogP contribution in [0.25, 0.3) is 22.5 Å². The van der Waals surface area contributed by atoms with Gasteiger partial charge >= 0.3 is 5.97 Å². The molecule has 1 aliphatic heterocycles. The van der Waals surface area contributed by atoms with E-state index in [1.807, 2.05) is 48.5 Å². The first-order valence-electron chi connectivity index (χ1n) is 10.3. The zero-order valence-corrected chi connectivity index (χ0v) is 19.1. The van der Waals surface area contributed by atoms with Gasteiger partial charge in [0.15, 0.2) is 5.16 Å². The van der Waals surface area contributed by atoms with E-state index in [9.17, 15) is 9.90 Å². The molecule has 0 bridgehead atoms. The molecule has 1 unspecified atom stereocenters. The first-order valence-corrected chi connectivity index (χ1v) is 11.3. The topological polar surface area (TPSA) is 93.7 Å². The van der Waals surface area contributed by atoms with E-state index < -0.39 is 5.60 Å². The molecular weight excluding hydrogens is 428 g/mol. The van der Waals surface area contributed by atoms with Gasteiger partial charge in [-0.2, -0.15) is 0 Å². The quantitative estimate of drug-likeness (QED) is 0.406. The van der Waals surface area contributed by atoms with Gasteiger partial charge in [-0.05, 0) is 31.2 Å². The van der Waals surface area contributed by atoms with Crippen molar-refractivity contribution in [2.24, 2.45) is 0 Å². The Morgan fingerprint density at radius 1 is 1.16 bits per heavy atom. The summed E-state index contributed by atoms with van der Waals surface area (Å²) in [6, 6.07) is 15.5. The average Bonchev–Trinajstić information content (AvgIpc) is 3.21. The minimum Gasteiger partial charge on any atom is -0.497 e. The lowest BCUT2D eigenvalue weighted by molar-refractivity contribution is -0.165. The average molecular weight is 455 g/mol. The van der Waals surface area contributed by atoms with Crippen molar-refractivity contribution < 1.29 is 24.1 Å². The summed E-state index contributed by atoms with van der Waals surface area (Å²) in [5, 5.41) is 11.0. The van der Waals surface area contributed by atoms with Gasteiger partial charge in [-0.3, -0.25) is 4.79 Å². The van der Waals surface area contributed by atoms with E-state index in [4.69, 9.17) is 19.2 Å². The van der Waals surface area contributed by atoms with Crippen molar-refractivity contribution in [1.82, 2.24) is 9.97 Å².